The predicted octanol–water partition coefficient (Wildman–Crippen LogP) is 0.267. The van der Waals surface area contributed by atoms with Crippen LogP contribution in [0.3, 0.4) is 0 Å². The molecule has 12 heavy (non-hydrogen) atoms. The molecule has 1 unspecified atom stereocenters. The molecule has 0 aromatic heterocycles. The fourth-order valence-corrected chi connectivity index (χ4v) is 1.78. The zero-order valence-electron chi connectivity index (χ0n) is 6.78. The van der Waals surface area contributed by atoms with Gasteiger partial charge in [-0.3, -0.25) is 4.79 Å². The number of aliphatic carboxylic acids is 1. The van der Waals surface area contributed by atoms with Crippen LogP contribution in [0.25, 0.3) is 0 Å². The van der Waals surface area contributed by atoms with Crippen LogP contribution in [0.4, 0.5) is 0 Å². The minimum Gasteiger partial charge on any atom is -0.481 e. The normalized spacial score (nSPS) is 32.8. The van der Waals surface area contributed by atoms with Gasteiger partial charge >= 0.3 is 5.97 Å². The Labute approximate surface area is 70.5 Å². The lowest BCUT2D eigenvalue weighted by Gasteiger charge is -2.41. The minimum absolute atomic E-state index is 0.122. The molecule has 2 saturated heterocycles. The molecule has 0 spiro atoms. The Hall–Kier alpha value is -0.610. The Balaban J connectivity index is 2.10. The van der Waals surface area contributed by atoms with E-state index in [0.717, 1.165) is 12.8 Å². The molecule has 0 aromatic rings. The van der Waals surface area contributed by atoms with Crippen molar-refractivity contribution in [3.8, 4) is 0 Å². The molecule has 0 saturated carbocycles. The zero-order chi connectivity index (χ0) is 8.60. The summed E-state index contributed by atoms with van der Waals surface area (Å²) in [6, 6.07) is 0. The first-order valence-corrected chi connectivity index (χ1v) is 4.18. The van der Waals surface area contributed by atoms with Crippen LogP contribution < -0.4 is 0 Å². The Morgan fingerprint density at radius 3 is 2.58 bits per heavy atom. The average Bonchev–Trinajstić information content (AvgIpc) is 2.35. The maximum Gasteiger partial charge on any atom is 0.317 e. The number of carbonyl (C=O) groups is 1. The molecule has 2 rings (SSSR count). The summed E-state index contributed by atoms with van der Waals surface area (Å²) in [5, 5.41) is 8.98. The number of ether oxygens (including phenoxy) is 2. The number of hydrogen-bond donors (Lipinski definition) is 1. The van der Waals surface area contributed by atoms with E-state index >= 15 is 0 Å². The van der Waals surface area contributed by atoms with Crippen LogP contribution >= 0.6 is 0 Å². The third-order valence-electron chi connectivity index (χ3n) is 2.69. The molecule has 4 heteroatoms. The highest BCUT2D eigenvalue weighted by molar-refractivity contribution is 5.76. The molecule has 1 N–H and O–H groups in total. The summed E-state index contributed by atoms with van der Waals surface area (Å²) in [7, 11) is 0. The first kappa shape index (κ1) is 8.01. The third-order valence-corrected chi connectivity index (χ3v) is 2.69. The van der Waals surface area contributed by atoms with Crippen molar-refractivity contribution in [3.63, 3.8) is 0 Å². The molecule has 0 aromatic carbocycles. The van der Waals surface area contributed by atoms with E-state index in [1.165, 1.54) is 0 Å². The van der Waals surface area contributed by atoms with Gasteiger partial charge in [-0.15, -0.1) is 0 Å². The first-order valence-electron chi connectivity index (χ1n) is 4.18. The summed E-state index contributed by atoms with van der Waals surface area (Å²) < 4.78 is 10.3. The summed E-state index contributed by atoms with van der Waals surface area (Å²) in [5.74, 6) is -0.777. The SMILES string of the molecule is O=C(O)C1(C2CCCO2)COC1. The van der Waals surface area contributed by atoms with Crippen molar-refractivity contribution in [2.45, 2.75) is 18.9 Å². The van der Waals surface area contributed by atoms with Crippen LogP contribution in [0.2, 0.25) is 0 Å². The van der Waals surface area contributed by atoms with E-state index in [4.69, 9.17) is 14.6 Å². The van der Waals surface area contributed by atoms with Crippen LogP contribution in [-0.2, 0) is 14.3 Å². The van der Waals surface area contributed by atoms with Gasteiger partial charge in [-0.2, -0.15) is 0 Å². The van der Waals surface area contributed by atoms with Crippen LogP contribution in [0.5, 0.6) is 0 Å². The monoisotopic (exact) mass is 172 g/mol. The van der Waals surface area contributed by atoms with E-state index in [1.54, 1.807) is 0 Å². The summed E-state index contributed by atoms with van der Waals surface area (Å²) in [6.45, 7) is 1.32. The summed E-state index contributed by atoms with van der Waals surface area (Å²) >= 11 is 0. The van der Waals surface area contributed by atoms with E-state index in [0.29, 0.717) is 19.8 Å². The Morgan fingerprint density at radius 1 is 1.50 bits per heavy atom. The van der Waals surface area contributed by atoms with Crippen molar-refractivity contribution < 1.29 is 19.4 Å². The van der Waals surface area contributed by atoms with Gasteiger partial charge in [0.1, 0.15) is 5.41 Å². The van der Waals surface area contributed by atoms with Crippen molar-refractivity contribution in [1.29, 1.82) is 0 Å². The zero-order valence-corrected chi connectivity index (χ0v) is 6.78. The molecule has 1 atom stereocenters. The maximum absolute atomic E-state index is 10.9. The maximum atomic E-state index is 10.9. The van der Waals surface area contributed by atoms with Gasteiger partial charge in [0.15, 0.2) is 0 Å². The molecule has 0 amide bonds. The molecule has 2 heterocycles. The highest BCUT2D eigenvalue weighted by Gasteiger charge is 2.54. The van der Waals surface area contributed by atoms with E-state index in [2.05, 4.69) is 0 Å². The molecule has 2 aliphatic rings. The van der Waals surface area contributed by atoms with E-state index in [1.807, 2.05) is 0 Å². The molecule has 0 radical (unpaired) electrons. The summed E-state index contributed by atoms with van der Waals surface area (Å²) in [6.07, 6.45) is 1.71. The van der Waals surface area contributed by atoms with Gasteiger partial charge in [-0.1, -0.05) is 0 Å². The lowest BCUT2D eigenvalue weighted by atomic mass is 9.79. The van der Waals surface area contributed by atoms with Gasteiger partial charge in [-0.05, 0) is 12.8 Å². The molecule has 2 aliphatic heterocycles. The molecule has 0 bridgehead atoms. The summed E-state index contributed by atoms with van der Waals surface area (Å²) in [4.78, 5) is 10.9. The lowest BCUT2D eigenvalue weighted by molar-refractivity contribution is -0.203. The van der Waals surface area contributed by atoms with Crippen molar-refractivity contribution in [3.05, 3.63) is 0 Å². The quantitative estimate of drug-likeness (QED) is 0.649. The average molecular weight is 172 g/mol. The van der Waals surface area contributed by atoms with Crippen LogP contribution in [0, 0.1) is 5.41 Å². The van der Waals surface area contributed by atoms with Gasteiger partial charge < -0.3 is 14.6 Å². The largest absolute Gasteiger partial charge is 0.481 e. The Morgan fingerprint density at radius 2 is 2.25 bits per heavy atom. The molecule has 2 fully saturated rings. The first-order chi connectivity index (χ1) is 5.76. The fourth-order valence-electron chi connectivity index (χ4n) is 1.78. The Kier molecular flexibility index (Phi) is 1.81. The minimum atomic E-state index is -0.777. The predicted molar refractivity (Wildman–Crippen MR) is 39.9 cm³/mol. The van der Waals surface area contributed by atoms with Crippen molar-refractivity contribution in [2.24, 2.45) is 5.41 Å². The number of carboxylic acids is 1. The van der Waals surface area contributed by atoms with Gasteiger partial charge in [0.2, 0.25) is 0 Å². The number of hydrogen-bond acceptors (Lipinski definition) is 3. The lowest BCUT2D eigenvalue weighted by Crippen LogP contribution is -2.56. The van der Waals surface area contributed by atoms with E-state index in [-0.39, 0.29) is 6.10 Å². The van der Waals surface area contributed by atoms with Gasteiger partial charge in [0.25, 0.3) is 0 Å². The molecular weight excluding hydrogens is 160 g/mol. The van der Waals surface area contributed by atoms with Crippen LogP contribution in [0.15, 0.2) is 0 Å². The van der Waals surface area contributed by atoms with E-state index < -0.39 is 11.4 Å². The van der Waals surface area contributed by atoms with Crippen molar-refractivity contribution in [2.75, 3.05) is 19.8 Å². The number of rotatable bonds is 2. The van der Waals surface area contributed by atoms with Crippen LogP contribution in [0.1, 0.15) is 12.8 Å². The second kappa shape index (κ2) is 2.71. The Bertz CT molecular complexity index is 191. The number of carboxylic acid groups (broad SMARTS) is 1. The standard InChI is InChI=1S/C8H12O4/c9-7(10)8(4-11-5-8)6-2-1-3-12-6/h6H,1-5H2,(H,9,10). The molecule has 4 nitrogen and oxygen atoms in total. The van der Waals surface area contributed by atoms with Crippen molar-refractivity contribution >= 4 is 5.97 Å². The molecular formula is C8H12O4. The highest BCUT2D eigenvalue weighted by Crippen LogP contribution is 2.38. The second-order valence-corrected chi connectivity index (χ2v) is 3.46. The van der Waals surface area contributed by atoms with Gasteiger partial charge in [-0.25, -0.2) is 0 Å². The smallest absolute Gasteiger partial charge is 0.317 e. The van der Waals surface area contributed by atoms with Gasteiger partial charge in [0.05, 0.1) is 19.3 Å². The topological polar surface area (TPSA) is 55.8 Å². The molecule has 0 aliphatic carbocycles. The van der Waals surface area contributed by atoms with Gasteiger partial charge in [0, 0.05) is 6.61 Å². The van der Waals surface area contributed by atoms with Crippen molar-refractivity contribution in [1.82, 2.24) is 0 Å². The van der Waals surface area contributed by atoms with Crippen LogP contribution in [-0.4, -0.2) is 37.0 Å². The highest BCUT2D eigenvalue weighted by atomic mass is 16.5. The third kappa shape index (κ3) is 0.949. The fraction of sp³-hybridized carbons (Fsp3) is 0.875. The summed E-state index contributed by atoms with van der Waals surface area (Å²) in [5.41, 5.74) is -0.726. The molecule has 68 valence electrons. The second-order valence-electron chi connectivity index (χ2n) is 3.46. The van der Waals surface area contributed by atoms with E-state index in [9.17, 15) is 4.79 Å².